The first-order valence-electron chi connectivity index (χ1n) is 5.87. The van der Waals surface area contributed by atoms with E-state index in [9.17, 15) is 8.42 Å². The minimum atomic E-state index is -3.47. The van der Waals surface area contributed by atoms with Crippen molar-refractivity contribution in [2.45, 2.75) is 24.5 Å². The highest BCUT2D eigenvalue weighted by atomic mass is 32.2. The summed E-state index contributed by atoms with van der Waals surface area (Å²) >= 11 is 1.64. The average molecular weight is 301 g/mol. The van der Waals surface area contributed by atoms with Gasteiger partial charge < -0.3 is 9.67 Å². The lowest BCUT2D eigenvalue weighted by atomic mass is 10.3. The number of thiophene rings is 1. The zero-order valence-electron chi connectivity index (χ0n) is 10.3. The maximum Gasteiger partial charge on any atom is 0.249 e. The molecule has 1 N–H and O–H groups in total. The van der Waals surface area contributed by atoms with Gasteiger partial charge >= 0.3 is 0 Å². The second-order valence-corrected chi connectivity index (χ2v) is 7.07. The highest BCUT2D eigenvalue weighted by Crippen LogP contribution is 2.13. The molecule has 8 heteroatoms. The summed E-state index contributed by atoms with van der Waals surface area (Å²) in [6.45, 7) is 0.379. The Labute approximate surface area is 115 Å². The van der Waals surface area contributed by atoms with Crippen LogP contribution in [0.1, 0.15) is 11.3 Å². The number of aliphatic hydroxyl groups excluding tert-OH is 1. The van der Waals surface area contributed by atoms with E-state index in [1.54, 1.807) is 15.9 Å². The van der Waals surface area contributed by atoms with E-state index < -0.39 is 9.84 Å². The Morgan fingerprint density at radius 2 is 2.26 bits per heavy atom. The van der Waals surface area contributed by atoms with E-state index in [1.807, 2.05) is 17.5 Å². The first-order chi connectivity index (χ1) is 9.13. The predicted molar refractivity (Wildman–Crippen MR) is 71.8 cm³/mol. The van der Waals surface area contributed by atoms with Crippen LogP contribution < -0.4 is 0 Å². The lowest BCUT2D eigenvalue weighted by Crippen LogP contribution is -2.15. The van der Waals surface area contributed by atoms with Gasteiger partial charge in [-0.3, -0.25) is 0 Å². The molecule has 2 rings (SSSR count). The van der Waals surface area contributed by atoms with E-state index >= 15 is 0 Å². The van der Waals surface area contributed by atoms with Crippen molar-refractivity contribution in [3.8, 4) is 0 Å². The molecule has 0 aliphatic rings. The van der Waals surface area contributed by atoms with Gasteiger partial charge in [0.15, 0.2) is 0 Å². The minimum Gasteiger partial charge on any atom is -0.396 e. The van der Waals surface area contributed by atoms with Gasteiger partial charge in [-0.25, -0.2) is 8.42 Å². The molecule has 0 bridgehead atoms. The van der Waals surface area contributed by atoms with Crippen molar-refractivity contribution in [1.29, 1.82) is 0 Å². The highest BCUT2D eigenvalue weighted by molar-refractivity contribution is 7.91. The van der Waals surface area contributed by atoms with Crippen molar-refractivity contribution in [3.05, 3.63) is 28.7 Å². The van der Waals surface area contributed by atoms with Crippen LogP contribution in [0.4, 0.5) is 0 Å². The van der Waals surface area contributed by atoms with Crippen molar-refractivity contribution >= 4 is 21.2 Å². The summed E-state index contributed by atoms with van der Waals surface area (Å²) < 4.78 is 25.6. The molecule has 0 spiro atoms. The summed E-state index contributed by atoms with van der Waals surface area (Å²) in [5.41, 5.74) is 0. The fourth-order valence-electron chi connectivity index (χ4n) is 1.67. The van der Waals surface area contributed by atoms with Gasteiger partial charge in [-0.05, 0) is 24.3 Å². The topological polar surface area (TPSA) is 85.1 Å². The van der Waals surface area contributed by atoms with E-state index in [4.69, 9.17) is 5.11 Å². The molecule has 0 atom stereocenters. The molecule has 0 aromatic carbocycles. The van der Waals surface area contributed by atoms with Gasteiger partial charge in [-0.15, -0.1) is 21.5 Å². The summed E-state index contributed by atoms with van der Waals surface area (Å²) in [5, 5.41) is 18.0. The molecule has 0 saturated heterocycles. The first kappa shape index (κ1) is 14.2. The van der Waals surface area contributed by atoms with Gasteiger partial charge in [-0.2, -0.15) is 0 Å². The second-order valence-electron chi connectivity index (χ2n) is 4.03. The number of nitrogens with zero attached hydrogens (tertiary/aromatic N) is 3. The molecule has 0 aliphatic heterocycles. The normalized spacial score (nSPS) is 11.8. The Kier molecular flexibility index (Phi) is 4.67. The molecule has 2 aromatic rings. The maximum atomic E-state index is 12.0. The zero-order chi connectivity index (χ0) is 13.7. The van der Waals surface area contributed by atoms with E-state index in [2.05, 4.69) is 10.2 Å². The molecule has 0 radical (unpaired) electrons. The molecular formula is C11H15N3O3S2. The van der Waals surface area contributed by atoms with Gasteiger partial charge in [0.1, 0.15) is 6.33 Å². The van der Waals surface area contributed by atoms with Crippen LogP contribution in [0.15, 0.2) is 29.0 Å². The lowest BCUT2D eigenvalue weighted by molar-refractivity contribution is 0.295. The molecule has 19 heavy (non-hydrogen) atoms. The van der Waals surface area contributed by atoms with Crippen molar-refractivity contribution in [2.24, 2.45) is 0 Å². The van der Waals surface area contributed by atoms with Crippen molar-refractivity contribution in [2.75, 3.05) is 12.4 Å². The van der Waals surface area contributed by atoms with Gasteiger partial charge in [-0.1, -0.05) is 6.07 Å². The van der Waals surface area contributed by atoms with E-state index in [0.717, 1.165) is 6.42 Å². The molecule has 2 aromatic heterocycles. The van der Waals surface area contributed by atoms with Crippen LogP contribution in [0, 0.1) is 0 Å². The molecule has 0 amide bonds. The Morgan fingerprint density at radius 1 is 1.42 bits per heavy atom. The standard InChI is InChI=1S/C11H15N3O3S2/c15-6-2-8-19(16,17)11-13-12-9-14(11)5-4-10-3-1-7-18-10/h1,3,7,9,15H,2,4-6,8H2. The number of aromatic nitrogens is 3. The number of aliphatic hydroxyl groups is 1. The van der Waals surface area contributed by atoms with Crippen LogP contribution in [0.3, 0.4) is 0 Å². The van der Waals surface area contributed by atoms with Gasteiger partial charge in [0, 0.05) is 18.0 Å². The van der Waals surface area contributed by atoms with Gasteiger partial charge in [0.25, 0.3) is 0 Å². The Balaban J connectivity index is 2.09. The predicted octanol–water partition coefficient (Wildman–Crippen LogP) is 0.738. The largest absolute Gasteiger partial charge is 0.396 e. The monoisotopic (exact) mass is 301 g/mol. The van der Waals surface area contributed by atoms with Crippen LogP contribution in [0.5, 0.6) is 0 Å². The number of aryl methyl sites for hydroxylation is 2. The molecule has 0 fully saturated rings. The van der Waals surface area contributed by atoms with Crippen molar-refractivity contribution in [3.63, 3.8) is 0 Å². The highest BCUT2D eigenvalue weighted by Gasteiger charge is 2.21. The Hall–Kier alpha value is -1.25. The molecule has 2 heterocycles. The molecular weight excluding hydrogens is 286 g/mol. The third-order valence-corrected chi connectivity index (χ3v) is 5.24. The number of rotatable bonds is 7. The van der Waals surface area contributed by atoms with Gasteiger partial charge in [0.05, 0.1) is 5.75 Å². The van der Waals surface area contributed by atoms with Crippen LogP contribution >= 0.6 is 11.3 Å². The van der Waals surface area contributed by atoms with Crippen LogP contribution in [0.25, 0.3) is 0 Å². The van der Waals surface area contributed by atoms with Crippen LogP contribution in [0.2, 0.25) is 0 Å². The quantitative estimate of drug-likeness (QED) is 0.815. The Bertz CT molecular complexity index is 605. The minimum absolute atomic E-state index is 0.0162. The van der Waals surface area contributed by atoms with Crippen molar-refractivity contribution in [1.82, 2.24) is 14.8 Å². The van der Waals surface area contributed by atoms with E-state index in [0.29, 0.717) is 6.54 Å². The lowest BCUT2D eigenvalue weighted by Gasteiger charge is -2.06. The number of hydrogen-bond acceptors (Lipinski definition) is 6. The summed E-state index contributed by atoms with van der Waals surface area (Å²) in [6.07, 6.45) is 2.39. The molecule has 6 nitrogen and oxygen atoms in total. The fourth-order valence-corrected chi connectivity index (χ4v) is 3.73. The molecule has 0 aliphatic carbocycles. The Morgan fingerprint density at radius 3 is 2.95 bits per heavy atom. The smallest absolute Gasteiger partial charge is 0.249 e. The zero-order valence-corrected chi connectivity index (χ0v) is 11.9. The SMILES string of the molecule is O=S(=O)(CCCO)c1nncn1CCc1cccs1. The third kappa shape index (κ3) is 3.62. The number of hydrogen-bond donors (Lipinski definition) is 1. The summed E-state index contributed by atoms with van der Waals surface area (Å²) in [5.74, 6) is -0.110. The maximum absolute atomic E-state index is 12.0. The molecule has 104 valence electrons. The second kappa shape index (κ2) is 6.27. The van der Waals surface area contributed by atoms with E-state index in [1.165, 1.54) is 11.2 Å². The summed E-state index contributed by atoms with van der Waals surface area (Å²) in [7, 11) is -3.47. The van der Waals surface area contributed by atoms with Crippen LogP contribution in [-0.4, -0.2) is 40.6 Å². The van der Waals surface area contributed by atoms with Crippen molar-refractivity contribution < 1.29 is 13.5 Å². The fraction of sp³-hybridized carbons (Fsp3) is 0.455. The average Bonchev–Trinajstić information content (AvgIpc) is 3.04. The first-order valence-corrected chi connectivity index (χ1v) is 8.40. The summed E-state index contributed by atoms with van der Waals surface area (Å²) in [4.78, 5) is 1.19. The van der Waals surface area contributed by atoms with Gasteiger partial charge in [0.2, 0.25) is 15.0 Å². The number of sulfone groups is 1. The molecule has 0 unspecified atom stereocenters. The van der Waals surface area contributed by atoms with E-state index in [-0.39, 0.29) is 23.9 Å². The third-order valence-electron chi connectivity index (χ3n) is 2.61. The van der Waals surface area contributed by atoms with Crippen LogP contribution in [-0.2, 0) is 22.8 Å². The molecule has 0 saturated carbocycles. The summed E-state index contributed by atoms with van der Waals surface area (Å²) in [6, 6.07) is 3.97.